The van der Waals surface area contributed by atoms with Gasteiger partial charge in [-0.15, -0.1) is 0 Å². The third kappa shape index (κ3) is 2.85. The van der Waals surface area contributed by atoms with Gasteiger partial charge in [-0.3, -0.25) is 4.79 Å². The van der Waals surface area contributed by atoms with Crippen LogP contribution in [0, 0.1) is 6.92 Å². The Morgan fingerprint density at radius 3 is 2.50 bits per heavy atom. The van der Waals surface area contributed by atoms with Crippen LogP contribution in [0.3, 0.4) is 0 Å². The Hall–Kier alpha value is -1.35. The van der Waals surface area contributed by atoms with Crippen LogP contribution < -0.4 is 5.32 Å². The molecule has 0 saturated carbocycles. The van der Waals surface area contributed by atoms with Crippen molar-refractivity contribution >= 4 is 5.91 Å². The highest BCUT2D eigenvalue weighted by Gasteiger charge is 2.07. The van der Waals surface area contributed by atoms with E-state index in [1.54, 1.807) is 19.1 Å². The molecule has 0 fully saturated rings. The largest absolute Gasteiger partial charge is 0.394 e. The van der Waals surface area contributed by atoms with Gasteiger partial charge in [0.2, 0.25) is 0 Å². The van der Waals surface area contributed by atoms with Crippen LogP contribution in [-0.4, -0.2) is 23.7 Å². The smallest absolute Gasteiger partial charge is 0.251 e. The second kappa shape index (κ2) is 4.77. The molecule has 0 aliphatic rings. The van der Waals surface area contributed by atoms with Crippen molar-refractivity contribution in [1.29, 1.82) is 0 Å². The van der Waals surface area contributed by atoms with Gasteiger partial charge in [0, 0.05) is 11.6 Å². The number of carbonyl (C=O) groups is 1. The molecule has 0 spiro atoms. The molecule has 3 heteroatoms. The van der Waals surface area contributed by atoms with Crippen LogP contribution in [0.1, 0.15) is 22.8 Å². The lowest BCUT2D eigenvalue weighted by atomic mass is 10.1. The van der Waals surface area contributed by atoms with E-state index in [0.717, 1.165) is 5.56 Å². The molecule has 0 radical (unpaired) electrons. The van der Waals surface area contributed by atoms with Gasteiger partial charge in [-0.05, 0) is 26.0 Å². The molecular weight excluding hydrogens is 178 g/mol. The van der Waals surface area contributed by atoms with E-state index in [1.165, 1.54) is 0 Å². The molecule has 0 aliphatic carbocycles. The van der Waals surface area contributed by atoms with Gasteiger partial charge in [0.25, 0.3) is 5.91 Å². The van der Waals surface area contributed by atoms with Gasteiger partial charge in [0.1, 0.15) is 0 Å². The van der Waals surface area contributed by atoms with E-state index < -0.39 is 0 Å². The van der Waals surface area contributed by atoms with Crippen LogP contribution in [0.25, 0.3) is 0 Å². The lowest BCUT2D eigenvalue weighted by molar-refractivity contribution is 0.0922. The average Bonchev–Trinajstić information content (AvgIpc) is 2.18. The molecule has 1 amide bonds. The number of carbonyl (C=O) groups excluding carboxylic acids is 1. The predicted octanol–water partition coefficient (Wildman–Crippen LogP) is 1.11. The van der Waals surface area contributed by atoms with E-state index in [4.69, 9.17) is 5.11 Å². The summed E-state index contributed by atoms with van der Waals surface area (Å²) in [5, 5.41) is 11.4. The second-order valence-corrected chi connectivity index (χ2v) is 3.42. The molecule has 1 atom stereocenters. The Bertz CT molecular complexity index is 306. The van der Waals surface area contributed by atoms with Crippen LogP contribution in [0.5, 0.6) is 0 Å². The quantitative estimate of drug-likeness (QED) is 0.755. The summed E-state index contributed by atoms with van der Waals surface area (Å²) in [5.74, 6) is -0.147. The van der Waals surface area contributed by atoms with Crippen LogP contribution >= 0.6 is 0 Å². The van der Waals surface area contributed by atoms with Gasteiger partial charge in [-0.1, -0.05) is 17.7 Å². The number of hydrogen-bond acceptors (Lipinski definition) is 2. The fourth-order valence-electron chi connectivity index (χ4n) is 1.06. The van der Waals surface area contributed by atoms with E-state index in [-0.39, 0.29) is 18.6 Å². The summed E-state index contributed by atoms with van der Waals surface area (Å²) in [4.78, 5) is 11.5. The summed E-state index contributed by atoms with van der Waals surface area (Å²) in [5.41, 5.74) is 1.74. The Morgan fingerprint density at radius 1 is 1.43 bits per heavy atom. The third-order valence-corrected chi connectivity index (χ3v) is 1.97. The molecule has 1 rings (SSSR count). The Morgan fingerprint density at radius 2 is 2.00 bits per heavy atom. The maximum atomic E-state index is 11.5. The first-order chi connectivity index (χ1) is 6.63. The highest BCUT2D eigenvalue weighted by Crippen LogP contribution is 2.02. The minimum absolute atomic E-state index is 0.0440. The first-order valence-electron chi connectivity index (χ1n) is 4.62. The van der Waals surface area contributed by atoms with Crippen molar-refractivity contribution in [3.05, 3.63) is 35.4 Å². The lowest BCUT2D eigenvalue weighted by Gasteiger charge is -2.10. The molecule has 1 unspecified atom stereocenters. The van der Waals surface area contributed by atoms with Gasteiger partial charge in [-0.2, -0.15) is 0 Å². The molecule has 0 bridgehead atoms. The number of hydrogen-bond donors (Lipinski definition) is 2. The van der Waals surface area contributed by atoms with Crippen LogP contribution in [-0.2, 0) is 0 Å². The van der Waals surface area contributed by atoms with Crippen molar-refractivity contribution in [2.75, 3.05) is 6.61 Å². The molecule has 0 aliphatic heterocycles. The SMILES string of the molecule is Cc1ccc(C(=O)NC(C)CO)cc1. The maximum absolute atomic E-state index is 11.5. The number of aliphatic hydroxyl groups is 1. The lowest BCUT2D eigenvalue weighted by Crippen LogP contribution is -2.34. The normalized spacial score (nSPS) is 12.2. The van der Waals surface area contributed by atoms with Crippen molar-refractivity contribution in [2.24, 2.45) is 0 Å². The second-order valence-electron chi connectivity index (χ2n) is 3.42. The summed E-state index contributed by atoms with van der Waals surface area (Å²) in [6, 6.07) is 7.12. The van der Waals surface area contributed by atoms with Crippen LogP contribution in [0.4, 0.5) is 0 Å². The van der Waals surface area contributed by atoms with Crippen molar-refractivity contribution in [3.8, 4) is 0 Å². The highest BCUT2D eigenvalue weighted by molar-refractivity contribution is 5.94. The minimum atomic E-state index is -0.205. The maximum Gasteiger partial charge on any atom is 0.251 e. The van der Waals surface area contributed by atoms with Gasteiger partial charge in [0.15, 0.2) is 0 Å². The number of aliphatic hydroxyl groups excluding tert-OH is 1. The van der Waals surface area contributed by atoms with E-state index in [0.29, 0.717) is 5.56 Å². The molecule has 3 nitrogen and oxygen atoms in total. The van der Waals surface area contributed by atoms with Gasteiger partial charge in [-0.25, -0.2) is 0 Å². The minimum Gasteiger partial charge on any atom is -0.394 e. The number of aryl methyl sites for hydroxylation is 1. The molecule has 0 aromatic heterocycles. The molecule has 0 saturated heterocycles. The van der Waals surface area contributed by atoms with E-state index in [9.17, 15) is 4.79 Å². The Balaban J connectivity index is 2.65. The van der Waals surface area contributed by atoms with E-state index >= 15 is 0 Å². The zero-order valence-corrected chi connectivity index (χ0v) is 8.45. The molecule has 14 heavy (non-hydrogen) atoms. The van der Waals surface area contributed by atoms with Crippen molar-refractivity contribution in [2.45, 2.75) is 19.9 Å². The van der Waals surface area contributed by atoms with Gasteiger partial charge >= 0.3 is 0 Å². The fraction of sp³-hybridized carbons (Fsp3) is 0.364. The summed E-state index contributed by atoms with van der Waals surface area (Å²) < 4.78 is 0. The highest BCUT2D eigenvalue weighted by atomic mass is 16.3. The zero-order chi connectivity index (χ0) is 10.6. The number of amides is 1. The number of rotatable bonds is 3. The summed E-state index contributed by atoms with van der Waals surface area (Å²) >= 11 is 0. The molecule has 0 heterocycles. The van der Waals surface area contributed by atoms with Crippen molar-refractivity contribution < 1.29 is 9.90 Å². The number of nitrogens with one attached hydrogen (secondary N) is 1. The van der Waals surface area contributed by atoms with Crippen molar-refractivity contribution in [3.63, 3.8) is 0 Å². The average molecular weight is 193 g/mol. The van der Waals surface area contributed by atoms with Gasteiger partial charge < -0.3 is 10.4 Å². The third-order valence-electron chi connectivity index (χ3n) is 1.97. The first-order valence-corrected chi connectivity index (χ1v) is 4.62. The van der Waals surface area contributed by atoms with E-state index in [2.05, 4.69) is 5.32 Å². The van der Waals surface area contributed by atoms with Crippen LogP contribution in [0.2, 0.25) is 0 Å². The Kier molecular flexibility index (Phi) is 3.65. The molecule has 1 aromatic rings. The monoisotopic (exact) mass is 193 g/mol. The molecule has 2 N–H and O–H groups in total. The molecule has 1 aromatic carbocycles. The number of benzene rings is 1. The fourth-order valence-corrected chi connectivity index (χ4v) is 1.06. The summed E-state index contributed by atoms with van der Waals surface area (Å²) in [7, 11) is 0. The van der Waals surface area contributed by atoms with E-state index in [1.807, 2.05) is 19.1 Å². The molecule has 76 valence electrons. The van der Waals surface area contributed by atoms with Crippen LogP contribution in [0.15, 0.2) is 24.3 Å². The summed E-state index contributed by atoms with van der Waals surface area (Å²) in [6.45, 7) is 3.68. The van der Waals surface area contributed by atoms with Gasteiger partial charge in [0.05, 0.1) is 6.61 Å². The summed E-state index contributed by atoms with van der Waals surface area (Å²) in [6.07, 6.45) is 0. The zero-order valence-electron chi connectivity index (χ0n) is 8.45. The van der Waals surface area contributed by atoms with Crippen molar-refractivity contribution in [1.82, 2.24) is 5.32 Å². The standard InChI is InChI=1S/C11H15NO2/c1-8-3-5-10(6-4-8)11(14)12-9(2)7-13/h3-6,9,13H,7H2,1-2H3,(H,12,14). The predicted molar refractivity (Wildman–Crippen MR) is 55.2 cm³/mol. The first kappa shape index (κ1) is 10.7. The topological polar surface area (TPSA) is 49.3 Å². The Labute approximate surface area is 83.8 Å². The molecular formula is C11H15NO2.